The Morgan fingerprint density at radius 1 is 1.14 bits per heavy atom. The zero-order valence-electron chi connectivity index (χ0n) is 16.3. The molecule has 0 spiro atoms. The lowest BCUT2D eigenvalue weighted by Gasteiger charge is -2.34. The molecule has 150 valence electrons. The van der Waals surface area contributed by atoms with Crippen LogP contribution in [-0.2, 0) is 11.8 Å². The van der Waals surface area contributed by atoms with E-state index < -0.39 is 0 Å². The molecule has 2 aromatic rings. The molecule has 1 saturated carbocycles. The summed E-state index contributed by atoms with van der Waals surface area (Å²) >= 11 is 1.49. The number of benzene rings is 1. The van der Waals surface area contributed by atoms with Crippen LogP contribution in [0.15, 0.2) is 35.5 Å². The molecule has 1 amide bonds. The Labute approximate surface area is 170 Å². The molecule has 1 saturated heterocycles. The van der Waals surface area contributed by atoms with Gasteiger partial charge in [0.25, 0.3) is 0 Å². The fraction of sp³-hybridized carbons (Fsp3) is 0.550. The summed E-state index contributed by atoms with van der Waals surface area (Å²) in [5, 5.41) is 9.36. The Hall–Kier alpha value is -2.06. The van der Waals surface area contributed by atoms with Gasteiger partial charge in [0.05, 0.1) is 5.75 Å². The van der Waals surface area contributed by atoms with E-state index >= 15 is 0 Å². The normalized spacial score (nSPS) is 17.7. The van der Waals surface area contributed by atoms with E-state index in [1.54, 1.807) is 0 Å². The summed E-state index contributed by atoms with van der Waals surface area (Å²) in [6, 6.07) is 9.88. The van der Waals surface area contributed by atoms with E-state index in [0.717, 1.165) is 49.5 Å². The van der Waals surface area contributed by atoms with Crippen LogP contribution in [0.2, 0.25) is 0 Å². The monoisotopic (exact) mass is 401 g/mol. The van der Waals surface area contributed by atoms with E-state index in [1.165, 1.54) is 24.6 Å². The lowest BCUT2D eigenvalue weighted by atomic mass is 10.3. The summed E-state index contributed by atoms with van der Waals surface area (Å²) in [7, 11) is 2.00. The van der Waals surface area contributed by atoms with E-state index in [0.29, 0.717) is 18.3 Å². The van der Waals surface area contributed by atoms with Crippen LogP contribution < -0.4 is 4.74 Å². The molecule has 2 fully saturated rings. The van der Waals surface area contributed by atoms with Crippen molar-refractivity contribution < 1.29 is 9.53 Å². The second-order valence-corrected chi connectivity index (χ2v) is 8.29. The fourth-order valence-electron chi connectivity index (χ4n) is 3.40. The number of amides is 1. The predicted octanol–water partition coefficient (Wildman–Crippen LogP) is 2.01. The van der Waals surface area contributed by atoms with E-state index in [9.17, 15) is 4.79 Å². The molecule has 0 unspecified atom stereocenters. The highest BCUT2D eigenvalue weighted by molar-refractivity contribution is 7.99. The van der Waals surface area contributed by atoms with Crippen molar-refractivity contribution in [3.8, 4) is 5.75 Å². The van der Waals surface area contributed by atoms with Crippen molar-refractivity contribution in [2.24, 2.45) is 7.05 Å². The first-order valence-corrected chi connectivity index (χ1v) is 10.9. The van der Waals surface area contributed by atoms with Gasteiger partial charge in [0.2, 0.25) is 5.91 Å². The van der Waals surface area contributed by atoms with Crippen LogP contribution in [0.5, 0.6) is 5.75 Å². The number of piperazine rings is 1. The van der Waals surface area contributed by atoms with Gasteiger partial charge in [-0.1, -0.05) is 30.0 Å². The van der Waals surface area contributed by atoms with Gasteiger partial charge in [0.1, 0.15) is 18.2 Å². The van der Waals surface area contributed by atoms with E-state index in [-0.39, 0.29) is 5.91 Å². The summed E-state index contributed by atoms with van der Waals surface area (Å²) < 4.78 is 7.81. The highest BCUT2D eigenvalue weighted by Crippen LogP contribution is 2.39. The summed E-state index contributed by atoms with van der Waals surface area (Å²) in [6.45, 7) is 4.89. The van der Waals surface area contributed by atoms with Gasteiger partial charge >= 0.3 is 0 Å². The first kappa shape index (κ1) is 19.3. The van der Waals surface area contributed by atoms with Crippen LogP contribution in [0.25, 0.3) is 0 Å². The summed E-state index contributed by atoms with van der Waals surface area (Å²) in [4.78, 5) is 16.9. The fourth-order valence-corrected chi connectivity index (χ4v) is 4.22. The van der Waals surface area contributed by atoms with Gasteiger partial charge in [-0.05, 0) is 25.0 Å². The van der Waals surface area contributed by atoms with Gasteiger partial charge in [-0.3, -0.25) is 9.69 Å². The zero-order chi connectivity index (χ0) is 19.3. The third-order valence-electron chi connectivity index (χ3n) is 5.28. The molecule has 1 aromatic carbocycles. The van der Waals surface area contributed by atoms with Crippen LogP contribution in [-0.4, -0.2) is 75.6 Å². The molecule has 4 rings (SSSR count). The topological polar surface area (TPSA) is 63.5 Å². The Bertz CT molecular complexity index is 785. The van der Waals surface area contributed by atoms with Crippen molar-refractivity contribution in [2.75, 3.05) is 45.1 Å². The van der Waals surface area contributed by atoms with Crippen molar-refractivity contribution in [1.29, 1.82) is 0 Å². The minimum atomic E-state index is 0.182. The van der Waals surface area contributed by atoms with Crippen molar-refractivity contribution in [3.05, 3.63) is 36.2 Å². The molecule has 7 nitrogen and oxygen atoms in total. The molecule has 0 radical (unpaired) electrons. The lowest BCUT2D eigenvalue weighted by molar-refractivity contribution is -0.130. The SMILES string of the molecule is Cn1c(SCC(=O)N2CCN(CCOc3ccccc3)CC2)nnc1C1CC1. The largest absolute Gasteiger partial charge is 0.492 e. The standard InChI is InChI=1S/C20H27N5O2S/c1-23-19(16-7-8-16)21-22-20(23)28-15-18(26)25-11-9-24(10-12-25)13-14-27-17-5-3-2-4-6-17/h2-6,16H,7-15H2,1H3. The van der Waals surface area contributed by atoms with Gasteiger partial charge in [-0.2, -0.15) is 0 Å². The van der Waals surface area contributed by atoms with Crippen molar-refractivity contribution >= 4 is 17.7 Å². The maximum atomic E-state index is 12.5. The minimum Gasteiger partial charge on any atom is -0.492 e. The van der Waals surface area contributed by atoms with Gasteiger partial charge in [-0.15, -0.1) is 10.2 Å². The molecule has 28 heavy (non-hydrogen) atoms. The second-order valence-electron chi connectivity index (χ2n) is 7.35. The number of hydrogen-bond acceptors (Lipinski definition) is 6. The molecular formula is C20H27N5O2S. The molecule has 1 aliphatic heterocycles. The summed E-state index contributed by atoms with van der Waals surface area (Å²) in [5.41, 5.74) is 0. The molecular weight excluding hydrogens is 374 g/mol. The third kappa shape index (κ3) is 4.86. The molecule has 0 bridgehead atoms. The number of para-hydroxylation sites is 1. The van der Waals surface area contributed by atoms with E-state index in [1.807, 2.05) is 46.8 Å². The number of hydrogen-bond donors (Lipinski definition) is 0. The zero-order valence-corrected chi connectivity index (χ0v) is 17.1. The van der Waals surface area contributed by atoms with Crippen molar-refractivity contribution in [3.63, 3.8) is 0 Å². The summed E-state index contributed by atoms with van der Waals surface area (Å²) in [5.74, 6) is 3.14. The maximum Gasteiger partial charge on any atom is 0.233 e. The molecule has 1 aliphatic carbocycles. The average molecular weight is 402 g/mol. The first-order chi connectivity index (χ1) is 13.7. The molecule has 2 aliphatic rings. The van der Waals surface area contributed by atoms with Crippen LogP contribution in [0.3, 0.4) is 0 Å². The highest BCUT2D eigenvalue weighted by atomic mass is 32.2. The molecule has 2 heterocycles. The number of thioether (sulfide) groups is 1. The Balaban J connectivity index is 1.16. The van der Waals surface area contributed by atoms with Crippen LogP contribution >= 0.6 is 11.8 Å². The first-order valence-electron chi connectivity index (χ1n) is 9.91. The van der Waals surface area contributed by atoms with E-state index in [2.05, 4.69) is 15.1 Å². The number of nitrogens with zero attached hydrogens (tertiary/aromatic N) is 5. The van der Waals surface area contributed by atoms with Gasteiger partial charge in [0, 0.05) is 45.7 Å². The van der Waals surface area contributed by atoms with Crippen molar-refractivity contribution in [1.82, 2.24) is 24.6 Å². The molecule has 1 aromatic heterocycles. The average Bonchev–Trinajstić information content (AvgIpc) is 3.50. The Morgan fingerprint density at radius 2 is 1.89 bits per heavy atom. The van der Waals surface area contributed by atoms with Gasteiger partial charge in [-0.25, -0.2) is 0 Å². The quantitative estimate of drug-likeness (QED) is 0.631. The lowest BCUT2D eigenvalue weighted by Crippen LogP contribution is -2.50. The highest BCUT2D eigenvalue weighted by Gasteiger charge is 2.29. The third-order valence-corrected chi connectivity index (χ3v) is 6.29. The Kier molecular flexibility index (Phi) is 6.17. The smallest absolute Gasteiger partial charge is 0.233 e. The van der Waals surface area contributed by atoms with E-state index in [4.69, 9.17) is 4.74 Å². The molecule has 0 N–H and O–H groups in total. The number of carbonyl (C=O) groups excluding carboxylic acids is 1. The molecule has 8 heteroatoms. The number of rotatable bonds is 8. The number of carbonyl (C=O) groups is 1. The Morgan fingerprint density at radius 3 is 2.61 bits per heavy atom. The maximum absolute atomic E-state index is 12.5. The summed E-state index contributed by atoms with van der Waals surface area (Å²) in [6.07, 6.45) is 2.41. The minimum absolute atomic E-state index is 0.182. The number of aromatic nitrogens is 3. The number of ether oxygens (including phenoxy) is 1. The second kappa shape index (κ2) is 8.96. The predicted molar refractivity (Wildman–Crippen MR) is 109 cm³/mol. The van der Waals surface area contributed by atoms with Gasteiger partial charge in [0.15, 0.2) is 5.16 Å². The van der Waals surface area contributed by atoms with Crippen molar-refractivity contribution in [2.45, 2.75) is 23.9 Å². The van der Waals surface area contributed by atoms with Crippen LogP contribution in [0.1, 0.15) is 24.6 Å². The van der Waals surface area contributed by atoms with Crippen LogP contribution in [0.4, 0.5) is 0 Å². The van der Waals surface area contributed by atoms with Gasteiger partial charge < -0.3 is 14.2 Å². The molecule has 0 atom stereocenters. The van der Waals surface area contributed by atoms with Crippen LogP contribution in [0, 0.1) is 0 Å².